The van der Waals surface area contributed by atoms with Crippen molar-refractivity contribution in [3.05, 3.63) is 29.8 Å². The van der Waals surface area contributed by atoms with Gasteiger partial charge in [0.05, 0.1) is 11.0 Å². The summed E-state index contributed by atoms with van der Waals surface area (Å²) < 4.78 is 32.6. The van der Waals surface area contributed by atoms with Crippen LogP contribution in [0.4, 0.5) is 0 Å². The van der Waals surface area contributed by atoms with Gasteiger partial charge in [-0.1, -0.05) is 13.0 Å². The van der Waals surface area contributed by atoms with Gasteiger partial charge in [-0.3, -0.25) is 4.79 Å². The minimum atomic E-state index is -3.54. The number of hydrogen-bond acceptors (Lipinski definition) is 4. The molecule has 0 aliphatic carbocycles. The summed E-state index contributed by atoms with van der Waals surface area (Å²) in [4.78, 5) is 12.5. The van der Waals surface area contributed by atoms with Crippen molar-refractivity contribution in [1.82, 2.24) is 9.62 Å². The molecule has 1 aromatic carbocycles. The van der Waals surface area contributed by atoms with Crippen molar-refractivity contribution in [1.29, 1.82) is 0 Å². The fourth-order valence-corrected chi connectivity index (χ4v) is 4.80. The van der Waals surface area contributed by atoms with Gasteiger partial charge in [-0.15, -0.1) is 0 Å². The molecule has 0 aromatic heterocycles. The van der Waals surface area contributed by atoms with Crippen molar-refractivity contribution in [2.45, 2.75) is 43.6 Å². The first-order valence-electron chi connectivity index (χ1n) is 8.97. The Hall–Kier alpha value is -1.44. The summed E-state index contributed by atoms with van der Waals surface area (Å²) in [5.74, 6) is 0.293. The van der Waals surface area contributed by atoms with E-state index in [-0.39, 0.29) is 16.9 Å². The number of carbonyl (C=O) groups excluding carboxylic acids is 1. The van der Waals surface area contributed by atoms with Crippen LogP contribution in [-0.4, -0.2) is 51.0 Å². The molecule has 2 heterocycles. The van der Waals surface area contributed by atoms with Gasteiger partial charge < -0.3 is 10.1 Å². The van der Waals surface area contributed by atoms with Crippen molar-refractivity contribution < 1.29 is 17.9 Å². The van der Waals surface area contributed by atoms with Crippen LogP contribution in [0.2, 0.25) is 0 Å². The molecule has 3 rings (SSSR count). The topological polar surface area (TPSA) is 75.7 Å². The highest BCUT2D eigenvalue weighted by Gasteiger charge is 2.28. The minimum Gasteiger partial charge on any atom is -0.376 e. The smallest absolute Gasteiger partial charge is 0.251 e. The second kappa shape index (κ2) is 7.85. The summed E-state index contributed by atoms with van der Waals surface area (Å²) in [5, 5.41) is 2.83. The molecule has 2 fully saturated rings. The lowest BCUT2D eigenvalue weighted by Crippen LogP contribution is -2.38. The molecule has 6 nitrogen and oxygen atoms in total. The van der Waals surface area contributed by atoms with E-state index in [1.165, 1.54) is 10.4 Å². The van der Waals surface area contributed by atoms with Crippen LogP contribution < -0.4 is 5.32 Å². The zero-order valence-corrected chi connectivity index (χ0v) is 15.4. The Kier molecular flexibility index (Phi) is 5.76. The zero-order chi connectivity index (χ0) is 17.9. The Morgan fingerprint density at radius 1 is 1.28 bits per heavy atom. The Bertz CT molecular complexity index is 706. The summed E-state index contributed by atoms with van der Waals surface area (Å²) >= 11 is 0. The van der Waals surface area contributed by atoms with Gasteiger partial charge in [-0.05, 0) is 49.8 Å². The number of sulfonamides is 1. The van der Waals surface area contributed by atoms with Gasteiger partial charge in [0.25, 0.3) is 5.91 Å². The van der Waals surface area contributed by atoms with Gasteiger partial charge in [0, 0.05) is 31.8 Å². The van der Waals surface area contributed by atoms with Crippen LogP contribution in [0.5, 0.6) is 0 Å². The fourth-order valence-electron chi connectivity index (χ4n) is 3.29. The quantitative estimate of drug-likeness (QED) is 0.865. The maximum atomic E-state index is 12.8. The third-order valence-corrected chi connectivity index (χ3v) is 6.89. The monoisotopic (exact) mass is 366 g/mol. The lowest BCUT2D eigenvalue weighted by atomic mass is 10.0. The molecule has 7 heteroatoms. The predicted molar refractivity (Wildman–Crippen MR) is 94.9 cm³/mol. The number of hydrogen-bond donors (Lipinski definition) is 1. The first-order valence-corrected chi connectivity index (χ1v) is 10.4. The Balaban J connectivity index is 1.68. The molecule has 2 saturated heterocycles. The molecule has 138 valence electrons. The van der Waals surface area contributed by atoms with Crippen LogP contribution in [-0.2, 0) is 14.8 Å². The highest BCUT2D eigenvalue weighted by atomic mass is 32.2. The predicted octanol–water partition coefficient (Wildman–Crippen LogP) is 2.02. The molecule has 0 bridgehead atoms. The van der Waals surface area contributed by atoms with Crippen LogP contribution in [0.3, 0.4) is 0 Å². The van der Waals surface area contributed by atoms with E-state index in [0.29, 0.717) is 31.1 Å². The van der Waals surface area contributed by atoms with E-state index in [2.05, 4.69) is 12.2 Å². The van der Waals surface area contributed by atoms with Crippen LogP contribution in [0, 0.1) is 5.92 Å². The summed E-state index contributed by atoms with van der Waals surface area (Å²) in [6, 6.07) is 6.30. The maximum Gasteiger partial charge on any atom is 0.251 e. The lowest BCUT2D eigenvalue weighted by Gasteiger charge is -2.29. The summed E-state index contributed by atoms with van der Waals surface area (Å²) in [5.41, 5.74) is 0.365. The number of rotatable bonds is 5. The van der Waals surface area contributed by atoms with Gasteiger partial charge in [0.2, 0.25) is 10.0 Å². The van der Waals surface area contributed by atoms with Crippen molar-refractivity contribution >= 4 is 15.9 Å². The van der Waals surface area contributed by atoms with Crippen molar-refractivity contribution in [3.63, 3.8) is 0 Å². The van der Waals surface area contributed by atoms with Gasteiger partial charge in [0.1, 0.15) is 0 Å². The molecule has 1 aromatic rings. The fraction of sp³-hybridized carbons (Fsp3) is 0.611. The summed E-state index contributed by atoms with van der Waals surface area (Å²) in [7, 11) is -3.54. The number of carbonyl (C=O) groups is 1. The maximum absolute atomic E-state index is 12.8. The number of nitrogens with zero attached hydrogens (tertiary/aromatic N) is 1. The Morgan fingerprint density at radius 2 is 2.04 bits per heavy atom. The molecule has 25 heavy (non-hydrogen) atoms. The molecule has 2 aliphatic rings. The first-order chi connectivity index (χ1) is 12.0. The standard InChI is InChI=1S/C18H26N2O4S/c1-14-7-9-20(10-8-14)25(22,23)17-6-2-4-15(12-17)18(21)19-13-16-5-3-11-24-16/h2,4,6,12,14,16H,3,5,7-11,13H2,1H3,(H,19,21)/t16-/m0/s1. The average molecular weight is 366 g/mol. The Labute approximate surface area is 149 Å². The number of amides is 1. The molecule has 0 saturated carbocycles. The van der Waals surface area contributed by atoms with Crippen molar-refractivity contribution in [2.24, 2.45) is 5.92 Å². The van der Waals surface area contributed by atoms with E-state index < -0.39 is 10.0 Å². The molecule has 0 spiro atoms. The van der Waals surface area contributed by atoms with Crippen LogP contribution >= 0.6 is 0 Å². The minimum absolute atomic E-state index is 0.0613. The highest BCUT2D eigenvalue weighted by molar-refractivity contribution is 7.89. The normalized spacial score (nSPS) is 22.8. The van der Waals surface area contributed by atoms with Gasteiger partial charge >= 0.3 is 0 Å². The van der Waals surface area contributed by atoms with E-state index in [0.717, 1.165) is 32.3 Å². The average Bonchev–Trinajstić information content (AvgIpc) is 3.14. The summed E-state index contributed by atoms with van der Waals surface area (Å²) in [6.07, 6.45) is 3.78. The zero-order valence-electron chi connectivity index (χ0n) is 14.6. The van der Waals surface area contributed by atoms with Gasteiger partial charge in [-0.25, -0.2) is 8.42 Å². The molecule has 1 amide bonds. The SMILES string of the molecule is CC1CCN(S(=O)(=O)c2cccc(C(=O)NC[C@@H]3CCCO3)c2)CC1. The second-order valence-corrected chi connectivity index (χ2v) is 8.90. The Morgan fingerprint density at radius 3 is 2.72 bits per heavy atom. The molecule has 1 atom stereocenters. The third kappa shape index (κ3) is 4.40. The molecular weight excluding hydrogens is 340 g/mol. The van der Waals surface area contributed by atoms with E-state index in [1.54, 1.807) is 18.2 Å². The molecule has 0 unspecified atom stereocenters. The van der Waals surface area contributed by atoms with E-state index >= 15 is 0 Å². The third-order valence-electron chi connectivity index (χ3n) is 4.99. The number of ether oxygens (including phenoxy) is 1. The van der Waals surface area contributed by atoms with Gasteiger partial charge in [0.15, 0.2) is 0 Å². The van der Waals surface area contributed by atoms with E-state index in [1.807, 2.05) is 0 Å². The molecule has 0 radical (unpaired) electrons. The van der Waals surface area contributed by atoms with Crippen LogP contribution in [0.15, 0.2) is 29.2 Å². The lowest BCUT2D eigenvalue weighted by molar-refractivity contribution is 0.0857. The summed E-state index contributed by atoms with van der Waals surface area (Å²) in [6.45, 7) is 4.42. The molecule has 1 N–H and O–H groups in total. The van der Waals surface area contributed by atoms with Crippen molar-refractivity contribution in [2.75, 3.05) is 26.2 Å². The number of benzene rings is 1. The van der Waals surface area contributed by atoms with Gasteiger partial charge in [-0.2, -0.15) is 4.31 Å². The van der Waals surface area contributed by atoms with Crippen LogP contribution in [0.1, 0.15) is 43.0 Å². The van der Waals surface area contributed by atoms with E-state index in [4.69, 9.17) is 4.74 Å². The van der Waals surface area contributed by atoms with E-state index in [9.17, 15) is 13.2 Å². The highest BCUT2D eigenvalue weighted by Crippen LogP contribution is 2.24. The first kappa shape index (κ1) is 18.4. The van der Waals surface area contributed by atoms with Crippen molar-refractivity contribution in [3.8, 4) is 0 Å². The molecule has 2 aliphatic heterocycles. The largest absolute Gasteiger partial charge is 0.376 e. The second-order valence-electron chi connectivity index (χ2n) is 6.96. The molecular formula is C18H26N2O4S. The number of piperidine rings is 1. The van der Waals surface area contributed by atoms with Crippen LogP contribution in [0.25, 0.3) is 0 Å². The number of nitrogens with one attached hydrogen (secondary N) is 1.